The van der Waals surface area contributed by atoms with Crippen molar-refractivity contribution in [2.75, 3.05) is 32.7 Å². The first-order valence-corrected chi connectivity index (χ1v) is 12.3. The van der Waals surface area contributed by atoms with Crippen LogP contribution in [0.4, 0.5) is 0 Å². The first-order chi connectivity index (χ1) is 15.0. The van der Waals surface area contributed by atoms with Gasteiger partial charge in [-0.2, -0.15) is 0 Å². The number of fused-ring (bicyclic) bond motifs is 1. The molecule has 4 rings (SSSR count). The van der Waals surface area contributed by atoms with E-state index in [1.165, 1.54) is 21.6 Å². The first-order valence-electron chi connectivity index (χ1n) is 11.4. The summed E-state index contributed by atoms with van der Waals surface area (Å²) in [6.45, 7) is 9.79. The molecule has 166 valence electrons. The van der Waals surface area contributed by atoms with Crippen LogP contribution in [0.3, 0.4) is 0 Å². The molecule has 2 aromatic rings. The van der Waals surface area contributed by atoms with Gasteiger partial charge < -0.3 is 9.80 Å². The van der Waals surface area contributed by atoms with Crippen LogP contribution < -0.4 is 0 Å². The molecule has 0 saturated carbocycles. The highest BCUT2D eigenvalue weighted by Crippen LogP contribution is 2.38. The van der Waals surface area contributed by atoms with Crippen LogP contribution in [0.15, 0.2) is 35.7 Å². The molecule has 6 heteroatoms. The van der Waals surface area contributed by atoms with E-state index in [-0.39, 0.29) is 23.9 Å². The Labute approximate surface area is 189 Å². The van der Waals surface area contributed by atoms with Gasteiger partial charge in [0.2, 0.25) is 11.8 Å². The summed E-state index contributed by atoms with van der Waals surface area (Å²) in [6, 6.07) is 11.2. The van der Waals surface area contributed by atoms with Gasteiger partial charge in [0.25, 0.3) is 0 Å². The van der Waals surface area contributed by atoms with Crippen LogP contribution >= 0.6 is 11.3 Å². The van der Waals surface area contributed by atoms with Crippen molar-refractivity contribution in [1.82, 2.24) is 14.7 Å². The van der Waals surface area contributed by atoms with Crippen molar-refractivity contribution < 1.29 is 9.59 Å². The minimum Gasteiger partial charge on any atom is -0.339 e. The number of thiophene rings is 1. The standard InChI is InChI=1S/C25H33N3O2S/c1-4-23(29)28-15-14-27(17-19(28)3)24(30)10-13-26-12-9-22-21(11-16-31-22)25(26)20-8-6-5-7-18(20)2/h5-8,11,16,19,25H,4,9-10,12-15,17H2,1-3H3/t19-,25+/m0/s1. The van der Waals surface area contributed by atoms with Crippen LogP contribution in [0.1, 0.15) is 54.3 Å². The summed E-state index contributed by atoms with van der Waals surface area (Å²) in [5.74, 6) is 0.385. The van der Waals surface area contributed by atoms with Crippen molar-refractivity contribution in [2.45, 2.75) is 52.1 Å². The Hall–Kier alpha value is -2.18. The number of carbonyl (C=O) groups is 2. The van der Waals surface area contributed by atoms with Crippen LogP contribution in [0.2, 0.25) is 0 Å². The lowest BCUT2D eigenvalue weighted by atomic mass is 9.90. The van der Waals surface area contributed by atoms with Gasteiger partial charge in [0, 0.05) is 56.5 Å². The van der Waals surface area contributed by atoms with Gasteiger partial charge in [-0.1, -0.05) is 31.2 Å². The molecule has 2 aliphatic heterocycles. The quantitative estimate of drug-likeness (QED) is 0.711. The van der Waals surface area contributed by atoms with Crippen molar-refractivity contribution in [2.24, 2.45) is 0 Å². The summed E-state index contributed by atoms with van der Waals surface area (Å²) < 4.78 is 0. The predicted molar refractivity (Wildman–Crippen MR) is 125 cm³/mol. The van der Waals surface area contributed by atoms with Gasteiger partial charge in [-0.25, -0.2) is 0 Å². The maximum atomic E-state index is 13.0. The first kappa shape index (κ1) is 22.0. The minimum absolute atomic E-state index is 0.0909. The van der Waals surface area contributed by atoms with Crippen LogP contribution in [-0.2, 0) is 16.0 Å². The number of hydrogen-bond donors (Lipinski definition) is 0. The normalized spacial score (nSPS) is 21.8. The van der Waals surface area contributed by atoms with Crippen molar-refractivity contribution >= 4 is 23.2 Å². The summed E-state index contributed by atoms with van der Waals surface area (Å²) >= 11 is 1.85. The van der Waals surface area contributed by atoms with Crippen LogP contribution in [0.25, 0.3) is 0 Å². The number of rotatable bonds is 5. The molecule has 5 nitrogen and oxygen atoms in total. The van der Waals surface area contributed by atoms with Gasteiger partial charge in [-0.05, 0) is 48.4 Å². The van der Waals surface area contributed by atoms with Crippen LogP contribution in [-0.4, -0.2) is 65.3 Å². The monoisotopic (exact) mass is 439 g/mol. The Morgan fingerprint density at radius 1 is 1.06 bits per heavy atom. The molecule has 0 unspecified atom stereocenters. The highest BCUT2D eigenvalue weighted by atomic mass is 32.1. The van der Waals surface area contributed by atoms with Gasteiger partial charge in [0.1, 0.15) is 0 Å². The number of hydrogen-bond acceptors (Lipinski definition) is 4. The average molecular weight is 440 g/mol. The molecule has 2 aliphatic rings. The lowest BCUT2D eigenvalue weighted by molar-refractivity contribution is -0.142. The summed E-state index contributed by atoms with van der Waals surface area (Å²) in [6.07, 6.45) is 2.10. The van der Waals surface area contributed by atoms with E-state index in [1.54, 1.807) is 0 Å². The molecule has 0 aliphatic carbocycles. The van der Waals surface area contributed by atoms with Crippen molar-refractivity contribution in [3.05, 3.63) is 57.3 Å². The molecule has 2 atom stereocenters. The Bertz CT molecular complexity index is 940. The average Bonchev–Trinajstić information content (AvgIpc) is 3.26. The van der Waals surface area contributed by atoms with Crippen LogP contribution in [0, 0.1) is 6.92 Å². The molecule has 0 bridgehead atoms. The fraction of sp³-hybridized carbons (Fsp3) is 0.520. The van der Waals surface area contributed by atoms with E-state index in [2.05, 4.69) is 47.5 Å². The Morgan fingerprint density at radius 2 is 1.87 bits per heavy atom. The molecule has 2 amide bonds. The molecule has 31 heavy (non-hydrogen) atoms. The van der Waals surface area contributed by atoms with E-state index in [9.17, 15) is 9.59 Å². The molecule has 0 spiro atoms. The van der Waals surface area contributed by atoms with Crippen molar-refractivity contribution in [1.29, 1.82) is 0 Å². The summed E-state index contributed by atoms with van der Waals surface area (Å²) in [5.41, 5.74) is 4.04. The van der Waals surface area contributed by atoms with Crippen molar-refractivity contribution in [3.8, 4) is 0 Å². The topological polar surface area (TPSA) is 43.9 Å². The third kappa shape index (κ3) is 4.55. The van der Waals surface area contributed by atoms with Gasteiger partial charge in [0.15, 0.2) is 0 Å². The summed E-state index contributed by atoms with van der Waals surface area (Å²) in [7, 11) is 0. The highest BCUT2D eigenvalue weighted by molar-refractivity contribution is 7.10. The Morgan fingerprint density at radius 3 is 2.61 bits per heavy atom. The zero-order valence-electron chi connectivity index (χ0n) is 18.8. The maximum Gasteiger partial charge on any atom is 0.223 e. The number of nitrogens with zero attached hydrogens (tertiary/aromatic N) is 3. The molecule has 0 radical (unpaired) electrons. The number of piperazine rings is 1. The number of aryl methyl sites for hydroxylation is 1. The summed E-state index contributed by atoms with van der Waals surface area (Å²) in [4.78, 5) is 32.9. The number of benzene rings is 1. The fourth-order valence-electron chi connectivity index (χ4n) is 5.02. The molecule has 1 aromatic carbocycles. The molecule has 0 N–H and O–H groups in total. The molecular formula is C25H33N3O2S. The van der Waals surface area contributed by atoms with E-state index in [4.69, 9.17) is 0 Å². The molecule has 3 heterocycles. The van der Waals surface area contributed by atoms with Gasteiger partial charge in [0.05, 0.1) is 6.04 Å². The largest absolute Gasteiger partial charge is 0.339 e. The third-order valence-corrected chi connectivity index (χ3v) is 7.76. The lowest BCUT2D eigenvalue weighted by Gasteiger charge is -2.41. The zero-order valence-corrected chi connectivity index (χ0v) is 19.7. The minimum atomic E-state index is 0.0909. The highest BCUT2D eigenvalue weighted by Gasteiger charge is 2.32. The van der Waals surface area contributed by atoms with Gasteiger partial charge in [-0.15, -0.1) is 11.3 Å². The van der Waals surface area contributed by atoms with Gasteiger partial charge >= 0.3 is 0 Å². The van der Waals surface area contributed by atoms with E-state index in [1.807, 2.05) is 35.0 Å². The third-order valence-electron chi connectivity index (χ3n) is 6.76. The molecule has 1 fully saturated rings. The van der Waals surface area contributed by atoms with E-state index >= 15 is 0 Å². The van der Waals surface area contributed by atoms with Crippen molar-refractivity contribution in [3.63, 3.8) is 0 Å². The molecule has 1 saturated heterocycles. The fourth-order valence-corrected chi connectivity index (χ4v) is 5.93. The second-order valence-corrected chi connectivity index (χ2v) is 9.72. The number of amides is 2. The second-order valence-electron chi connectivity index (χ2n) is 8.72. The second kappa shape index (κ2) is 9.53. The Balaban J connectivity index is 1.43. The Kier molecular flexibility index (Phi) is 6.77. The van der Waals surface area contributed by atoms with E-state index in [0.717, 1.165) is 19.5 Å². The van der Waals surface area contributed by atoms with Gasteiger partial charge in [-0.3, -0.25) is 14.5 Å². The lowest BCUT2D eigenvalue weighted by Crippen LogP contribution is -2.55. The number of carbonyl (C=O) groups excluding carboxylic acids is 2. The maximum absolute atomic E-state index is 13.0. The predicted octanol–water partition coefficient (Wildman–Crippen LogP) is 3.86. The zero-order chi connectivity index (χ0) is 22.0. The van der Waals surface area contributed by atoms with Crippen LogP contribution in [0.5, 0.6) is 0 Å². The SMILES string of the molecule is CCC(=O)N1CCN(C(=O)CCN2CCc3sccc3[C@H]2c2ccccc2C)C[C@@H]1C. The van der Waals surface area contributed by atoms with E-state index < -0.39 is 0 Å². The summed E-state index contributed by atoms with van der Waals surface area (Å²) in [5, 5.41) is 2.20. The smallest absolute Gasteiger partial charge is 0.223 e. The molecular weight excluding hydrogens is 406 g/mol. The molecule has 1 aromatic heterocycles. The van der Waals surface area contributed by atoms with E-state index in [0.29, 0.717) is 32.5 Å².